The second-order valence-electron chi connectivity index (χ2n) is 6.12. The third-order valence-corrected chi connectivity index (χ3v) is 4.65. The van der Waals surface area contributed by atoms with E-state index in [1.54, 1.807) is 0 Å². The van der Waals surface area contributed by atoms with E-state index in [0.717, 1.165) is 32.5 Å². The average molecular weight is 290 g/mol. The van der Waals surface area contributed by atoms with Crippen LogP contribution in [-0.2, 0) is 6.54 Å². The van der Waals surface area contributed by atoms with Crippen LogP contribution in [0.3, 0.4) is 0 Å². The Labute approximate surface area is 133 Å². The number of nitrogens with zero attached hydrogens (tertiary/aromatic N) is 2. The molecule has 2 heteroatoms. The molecule has 1 fully saturated rings. The van der Waals surface area contributed by atoms with Gasteiger partial charge in [-0.3, -0.25) is 4.90 Å². The minimum atomic E-state index is 0.0417. The highest BCUT2D eigenvalue weighted by molar-refractivity contribution is 5.26. The Morgan fingerprint density at radius 3 is 2.14 bits per heavy atom. The van der Waals surface area contributed by atoms with Gasteiger partial charge in [0, 0.05) is 6.54 Å². The molecule has 0 spiro atoms. The van der Waals surface area contributed by atoms with Gasteiger partial charge in [0.25, 0.3) is 0 Å². The summed E-state index contributed by atoms with van der Waals surface area (Å²) < 4.78 is 0. The monoisotopic (exact) mass is 290 g/mol. The quantitative estimate of drug-likeness (QED) is 0.843. The molecule has 1 saturated heterocycles. The van der Waals surface area contributed by atoms with Crippen molar-refractivity contribution in [3.8, 4) is 6.07 Å². The van der Waals surface area contributed by atoms with Gasteiger partial charge >= 0.3 is 0 Å². The summed E-state index contributed by atoms with van der Waals surface area (Å²) in [5, 5.41) is 9.57. The lowest BCUT2D eigenvalue weighted by molar-refractivity contribution is 0.171. The van der Waals surface area contributed by atoms with E-state index in [9.17, 15) is 5.26 Å². The summed E-state index contributed by atoms with van der Waals surface area (Å²) in [6.45, 7) is 3.20. The Bertz CT molecular complexity index is 607. The maximum absolute atomic E-state index is 9.57. The van der Waals surface area contributed by atoms with Gasteiger partial charge in [0.1, 0.15) is 0 Å². The molecule has 1 atom stereocenters. The summed E-state index contributed by atoms with van der Waals surface area (Å²) in [6, 6.07) is 23.4. The Kier molecular flexibility index (Phi) is 4.88. The molecule has 2 nitrogen and oxygen atoms in total. The maximum Gasteiger partial charge on any atom is 0.0741 e. The zero-order valence-corrected chi connectivity index (χ0v) is 12.9. The highest BCUT2D eigenvalue weighted by atomic mass is 15.1. The van der Waals surface area contributed by atoms with Gasteiger partial charge < -0.3 is 0 Å². The van der Waals surface area contributed by atoms with Crippen molar-refractivity contribution >= 4 is 0 Å². The molecular formula is C20H22N2. The van der Waals surface area contributed by atoms with Crippen LogP contribution in [0.1, 0.15) is 29.9 Å². The van der Waals surface area contributed by atoms with Crippen molar-refractivity contribution < 1.29 is 0 Å². The van der Waals surface area contributed by atoms with E-state index in [2.05, 4.69) is 53.4 Å². The first kappa shape index (κ1) is 14.8. The Morgan fingerprint density at radius 1 is 0.955 bits per heavy atom. The van der Waals surface area contributed by atoms with Crippen LogP contribution in [0, 0.1) is 17.2 Å². The molecule has 22 heavy (non-hydrogen) atoms. The van der Waals surface area contributed by atoms with Crippen molar-refractivity contribution in [1.29, 1.82) is 5.26 Å². The maximum atomic E-state index is 9.57. The minimum Gasteiger partial charge on any atom is -0.299 e. The van der Waals surface area contributed by atoms with Crippen LogP contribution in [0.4, 0.5) is 0 Å². The van der Waals surface area contributed by atoms with Crippen molar-refractivity contribution in [3.63, 3.8) is 0 Å². The summed E-state index contributed by atoms with van der Waals surface area (Å²) in [5.41, 5.74) is 2.55. The summed E-state index contributed by atoms with van der Waals surface area (Å²) in [4.78, 5) is 2.51. The molecule has 0 amide bonds. The second-order valence-corrected chi connectivity index (χ2v) is 6.12. The summed E-state index contributed by atoms with van der Waals surface area (Å²) in [7, 11) is 0. The van der Waals surface area contributed by atoms with E-state index in [1.165, 1.54) is 11.1 Å². The van der Waals surface area contributed by atoms with Crippen molar-refractivity contribution in [3.05, 3.63) is 71.8 Å². The van der Waals surface area contributed by atoms with Crippen molar-refractivity contribution in [2.24, 2.45) is 5.92 Å². The van der Waals surface area contributed by atoms with E-state index >= 15 is 0 Å². The first-order valence-electron chi connectivity index (χ1n) is 8.07. The van der Waals surface area contributed by atoms with Gasteiger partial charge in [0.15, 0.2) is 0 Å². The van der Waals surface area contributed by atoms with Crippen LogP contribution < -0.4 is 0 Å². The molecule has 0 radical (unpaired) electrons. The number of hydrogen-bond acceptors (Lipinski definition) is 2. The van der Waals surface area contributed by atoms with Gasteiger partial charge in [-0.05, 0) is 43.0 Å². The number of benzene rings is 2. The normalized spacial score (nSPS) is 17.8. The third kappa shape index (κ3) is 3.55. The van der Waals surface area contributed by atoms with Crippen molar-refractivity contribution in [2.45, 2.75) is 25.3 Å². The number of piperidine rings is 1. The van der Waals surface area contributed by atoms with Crippen molar-refractivity contribution in [1.82, 2.24) is 4.90 Å². The topological polar surface area (TPSA) is 27.0 Å². The second kappa shape index (κ2) is 7.24. The molecule has 0 N–H and O–H groups in total. The molecule has 0 aromatic heterocycles. The Balaban J connectivity index is 1.58. The third-order valence-electron chi connectivity index (χ3n) is 4.65. The van der Waals surface area contributed by atoms with Gasteiger partial charge in [-0.25, -0.2) is 0 Å². The molecule has 2 aromatic carbocycles. The fourth-order valence-corrected chi connectivity index (χ4v) is 3.40. The van der Waals surface area contributed by atoms with Crippen LogP contribution >= 0.6 is 0 Å². The fraction of sp³-hybridized carbons (Fsp3) is 0.350. The van der Waals surface area contributed by atoms with Gasteiger partial charge in [0.2, 0.25) is 0 Å². The van der Waals surface area contributed by atoms with E-state index in [0.29, 0.717) is 5.92 Å². The van der Waals surface area contributed by atoms with Gasteiger partial charge in [0.05, 0.1) is 12.0 Å². The van der Waals surface area contributed by atoms with Gasteiger partial charge in [-0.15, -0.1) is 0 Å². The number of hydrogen-bond donors (Lipinski definition) is 0. The molecule has 3 rings (SSSR count). The summed E-state index contributed by atoms with van der Waals surface area (Å²) in [6.07, 6.45) is 2.22. The summed E-state index contributed by atoms with van der Waals surface area (Å²) in [5.74, 6) is 0.527. The summed E-state index contributed by atoms with van der Waals surface area (Å²) >= 11 is 0. The zero-order chi connectivity index (χ0) is 15.2. The van der Waals surface area contributed by atoms with E-state index in [1.807, 2.05) is 18.2 Å². The van der Waals surface area contributed by atoms with E-state index in [4.69, 9.17) is 0 Å². The SMILES string of the molecule is N#C[C@H](c1ccccc1)C1CCN(Cc2ccccc2)CC1. The van der Waals surface area contributed by atoms with Crippen LogP contribution in [0.15, 0.2) is 60.7 Å². The average Bonchev–Trinajstić information content (AvgIpc) is 2.59. The van der Waals surface area contributed by atoms with Crippen LogP contribution in [0.25, 0.3) is 0 Å². The van der Waals surface area contributed by atoms with E-state index in [-0.39, 0.29) is 5.92 Å². The highest BCUT2D eigenvalue weighted by Crippen LogP contribution is 2.32. The predicted molar refractivity (Wildman–Crippen MR) is 89.2 cm³/mol. The van der Waals surface area contributed by atoms with Gasteiger partial charge in [-0.1, -0.05) is 60.7 Å². The highest BCUT2D eigenvalue weighted by Gasteiger charge is 2.27. The van der Waals surface area contributed by atoms with Crippen molar-refractivity contribution in [2.75, 3.05) is 13.1 Å². The number of rotatable bonds is 4. The molecule has 0 aliphatic carbocycles. The molecule has 0 bridgehead atoms. The van der Waals surface area contributed by atoms with Crippen LogP contribution in [-0.4, -0.2) is 18.0 Å². The lowest BCUT2D eigenvalue weighted by Crippen LogP contribution is -2.35. The molecule has 1 heterocycles. The fourth-order valence-electron chi connectivity index (χ4n) is 3.40. The molecule has 1 aliphatic rings. The molecular weight excluding hydrogens is 268 g/mol. The molecule has 112 valence electrons. The van der Waals surface area contributed by atoms with Crippen LogP contribution in [0.5, 0.6) is 0 Å². The molecule has 2 aromatic rings. The first-order chi connectivity index (χ1) is 10.9. The molecule has 0 saturated carbocycles. The standard InChI is InChI=1S/C20H22N2/c21-15-20(18-9-5-2-6-10-18)19-11-13-22(14-12-19)16-17-7-3-1-4-8-17/h1-10,19-20H,11-14,16H2/t20-/m1/s1. The lowest BCUT2D eigenvalue weighted by atomic mass is 9.81. The smallest absolute Gasteiger partial charge is 0.0741 e. The Hall–Kier alpha value is -2.11. The van der Waals surface area contributed by atoms with Gasteiger partial charge in [-0.2, -0.15) is 5.26 Å². The lowest BCUT2D eigenvalue weighted by Gasteiger charge is -2.34. The Morgan fingerprint density at radius 2 is 1.55 bits per heavy atom. The first-order valence-corrected chi connectivity index (χ1v) is 8.07. The predicted octanol–water partition coefficient (Wildman–Crippen LogP) is 4.21. The van der Waals surface area contributed by atoms with E-state index < -0.39 is 0 Å². The number of nitriles is 1. The molecule has 0 unspecified atom stereocenters. The molecule has 1 aliphatic heterocycles. The number of likely N-dealkylation sites (tertiary alicyclic amines) is 1. The van der Waals surface area contributed by atoms with Crippen LogP contribution in [0.2, 0.25) is 0 Å². The minimum absolute atomic E-state index is 0.0417. The zero-order valence-electron chi connectivity index (χ0n) is 12.9. The largest absolute Gasteiger partial charge is 0.299 e.